The average molecular weight is 512 g/mol. The SMILES string of the molecule is COC(=O)[C@@H](C)n1c(=O)n(C)c(=Nc2ccc(N3CCCCC3)cc2)n(Cc2ccc(Cl)cc2)c1=O. The van der Waals surface area contributed by atoms with Crippen LogP contribution < -0.4 is 21.9 Å². The third-order valence-corrected chi connectivity index (χ3v) is 6.71. The Balaban J connectivity index is 1.85. The minimum atomic E-state index is -1.10. The molecule has 36 heavy (non-hydrogen) atoms. The Morgan fingerprint density at radius 3 is 2.25 bits per heavy atom. The zero-order chi connectivity index (χ0) is 25.8. The molecule has 0 saturated carbocycles. The molecule has 0 unspecified atom stereocenters. The van der Waals surface area contributed by atoms with Crippen LogP contribution in [0.1, 0.15) is 37.8 Å². The Kier molecular flexibility index (Phi) is 7.79. The highest BCUT2D eigenvalue weighted by molar-refractivity contribution is 6.30. The average Bonchev–Trinajstić information content (AvgIpc) is 2.90. The predicted octanol–water partition coefficient (Wildman–Crippen LogP) is 3.01. The summed E-state index contributed by atoms with van der Waals surface area (Å²) in [6.07, 6.45) is 3.62. The van der Waals surface area contributed by atoms with Gasteiger partial charge >= 0.3 is 17.3 Å². The Morgan fingerprint density at radius 1 is 1.00 bits per heavy atom. The number of anilines is 1. The molecule has 1 aliphatic rings. The van der Waals surface area contributed by atoms with Gasteiger partial charge in [0.25, 0.3) is 0 Å². The quantitative estimate of drug-likeness (QED) is 0.474. The van der Waals surface area contributed by atoms with Gasteiger partial charge in [0.05, 0.1) is 19.3 Å². The number of nitrogens with zero attached hydrogens (tertiary/aromatic N) is 5. The summed E-state index contributed by atoms with van der Waals surface area (Å²) in [6.45, 7) is 3.64. The summed E-state index contributed by atoms with van der Waals surface area (Å²) in [4.78, 5) is 46.0. The molecule has 1 saturated heterocycles. The van der Waals surface area contributed by atoms with Gasteiger partial charge in [-0.05, 0) is 68.1 Å². The first-order valence-electron chi connectivity index (χ1n) is 11.9. The minimum Gasteiger partial charge on any atom is -0.467 e. The summed E-state index contributed by atoms with van der Waals surface area (Å²) in [5.74, 6) is -0.690. The number of ether oxygens (including phenoxy) is 1. The van der Waals surface area contributed by atoms with Gasteiger partial charge < -0.3 is 9.64 Å². The van der Waals surface area contributed by atoms with Crippen molar-refractivity contribution < 1.29 is 9.53 Å². The lowest BCUT2D eigenvalue weighted by Gasteiger charge is -2.28. The Labute approximate surface area is 213 Å². The van der Waals surface area contributed by atoms with E-state index in [0.29, 0.717) is 10.7 Å². The van der Waals surface area contributed by atoms with Crippen molar-refractivity contribution >= 4 is 28.9 Å². The molecule has 1 fully saturated rings. The molecule has 0 N–H and O–H groups in total. The molecule has 10 heteroatoms. The van der Waals surface area contributed by atoms with E-state index in [9.17, 15) is 14.4 Å². The summed E-state index contributed by atoms with van der Waals surface area (Å²) in [5.41, 5.74) is 1.37. The highest BCUT2D eigenvalue weighted by Gasteiger charge is 2.23. The highest BCUT2D eigenvalue weighted by atomic mass is 35.5. The third kappa shape index (κ3) is 5.31. The summed E-state index contributed by atoms with van der Waals surface area (Å²) >= 11 is 6.03. The van der Waals surface area contributed by atoms with Crippen molar-refractivity contribution in [1.29, 1.82) is 0 Å². The van der Waals surface area contributed by atoms with Crippen LogP contribution >= 0.6 is 11.6 Å². The molecule has 0 spiro atoms. The van der Waals surface area contributed by atoms with E-state index < -0.39 is 23.4 Å². The normalized spacial score (nSPS) is 15.1. The van der Waals surface area contributed by atoms with Gasteiger partial charge in [-0.2, -0.15) is 0 Å². The van der Waals surface area contributed by atoms with E-state index in [2.05, 4.69) is 9.89 Å². The van der Waals surface area contributed by atoms with Gasteiger partial charge in [-0.25, -0.2) is 23.9 Å². The lowest BCUT2D eigenvalue weighted by Crippen LogP contribution is -2.55. The predicted molar refractivity (Wildman–Crippen MR) is 139 cm³/mol. The maximum Gasteiger partial charge on any atom is 0.336 e. The third-order valence-electron chi connectivity index (χ3n) is 6.45. The van der Waals surface area contributed by atoms with Crippen molar-refractivity contribution in [1.82, 2.24) is 13.7 Å². The molecule has 2 aromatic carbocycles. The number of piperidine rings is 1. The lowest BCUT2D eigenvalue weighted by molar-refractivity contribution is -0.144. The molecule has 1 aromatic heterocycles. The van der Waals surface area contributed by atoms with Crippen molar-refractivity contribution in [2.24, 2.45) is 12.0 Å². The topological polar surface area (TPSA) is 90.8 Å². The van der Waals surface area contributed by atoms with E-state index in [1.54, 1.807) is 24.3 Å². The van der Waals surface area contributed by atoms with Crippen LogP contribution in [0.5, 0.6) is 0 Å². The molecule has 2 heterocycles. The van der Waals surface area contributed by atoms with Gasteiger partial charge in [0.2, 0.25) is 5.62 Å². The first kappa shape index (κ1) is 25.5. The van der Waals surface area contributed by atoms with Crippen LogP contribution in [0.25, 0.3) is 0 Å². The van der Waals surface area contributed by atoms with E-state index in [-0.39, 0.29) is 12.2 Å². The van der Waals surface area contributed by atoms with Crippen molar-refractivity contribution in [2.45, 2.75) is 38.8 Å². The second kappa shape index (κ2) is 11.0. The fraction of sp³-hybridized carbons (Fsp3) is 0.385. The molecular weight excluding hydrogens is 482 g/mol. The van der Waals surface area contributed by atoms with E-state index in [1.165, 1.54) is 49.5 Å². The summed E-state index contributed by atoms with van der Waals surface area (Å²) in [7, 11) is 2.74. The van der Waals surface area contributed by atoms with Crippen LogP contribution in [0.2, 0.25) is 5.02 Å². The van der Waals surface area contributed by atoms with Crippen molar-refractivity contribution in [3.05, 3.63) is 85.7 Å². The minimum absolute atomic E-state index is 0.128. The van der Waals surface area contributed by atoms with Crippen LogP contribution in [-0.4, -0.2) is 39.9 Å². The molecule has 1 atom stereocenters. The molecule has 3 aromatic rings. The fourth-order valence-corrected chi connectivity index (χ4v) is 4.51. The number of carbonyl (C=O) groups is 1. The molecule has 0 bridgehead atoms. The van der Waals surface area contributed by atoms with Crippen molar-refractivity contribution in [3.63, 3.8) is 0 Å². The maximum atomic E-state index is 13.6. The van der Waals surface area contributed by atoms with Crippen LogP contribution in [-0.2, 0) is 23.1 Å². The largest absolute Gasteiger partial charge is 0.467 e. The number of benzene rings is 2. The lowest BCUT2D eigenvalue weighted by atomic mass is 10.1. The van der Waals surface area contributed by atoms with Gasteiger partial charge in [-0.15, -0.1) is 0 Å². The van der Waals surface area contributed by atoms with Crippen molar-refractivity contribution in [3.8, 4) is 0 Å². The molecular formula is C26H30ClN5O4. The van der Waals surface area contributed by atoms with E-state index in [1.807, 2.05) is 24.3 Å². The molecule has 190 valence electrons. The first-order valence-corrected chi connectivity index (χ1v) is 12.3. The number of hydrogen-bond donors (Lipinski definition) is 0. The van der Waals surface area contributed by atoms with E-state index in [4.69, 9.17) is 16.3 Å². The van der Waals surface area contributed by atoms with Crippen molar-refractivity contribution in [2.75, 3.05) is 25.1 Å². The first-order chi connectivity index (χ1) is 17.3. The standard InChI is InChI=1S/C26H30ClN5O4/c1-18(23(33)36-3)32-25(34)29(2)24(31(26(32)35)17-19-7-9-20(27)10-8-19)28-21-11-13-22(14-12-21)30-15-5-4-6-16-30/h7-14,18H,4-6,15-17H2,1-3H3/t18-/m1/s1. The molecule has 9 nitrogen and oxygen atoms in total. The summed E-state index contributed by atoms with van der Waals surface area (Å²) < 4.78 is 8.32. The maximum absolute atomic E-state index is 13.6. The number of carbonyl (C=O) groups excluding carboxylic acids is 1. The fourth-order valence-electron chi connectivity index (χ4n) is 4.38. The Bertz CT molecular complexity index is 1420. The van der Waals surface area contributed by atoms with E-state index in [0.717, 1.165) is 28.9 Å². The number of esters is 1. The zero-order valence-corrected chi connectivity index (χ0v) is 21.4. The van der Waals surface area contributed by atoms with Crippen LogP contribution in [0.15, 0.2) is 63.1 Å². The highest BCUT2D eigenvalue weighted by Crippen LogP contribution is 2.22. The van der Waals surface area contributed by atoms with Gasteiger partial charge in [0.1, 0.15) is 6.04 Å². The number of methoxy groups -OCH3 is 1. The van der Waals surface area contributed by atoms with Crippen LogP contribution in [0, 0.1) is 0 Å². The molecule has 0 amide bonds. The van der Waals surface area contributed by atoms with Gasteiger partial charge in [0, 0.05) is 30.8 Å². The van der Waals surface area contributed by atoms with Gasteiger partial charge in [-0.3, -0.25) is 9.13 Å². The number of halogens is 1. The second-order valence-corrected chi connectivity index (χ2v) is 9.32. The molecule has 4 rings (SSSR count). The summed E-state index contributed by atoms with van der Waals surface area (Å²) in [5, 5.41) is 0.569. The van der Waals surface area contributed by atoms with Gasteiger partial charge in [-0.1, -0.05) is 23.7 Å². The van der Waals surface area contributed by atoms with Crippen LogP contribution in [0.3, 0.4) is 0 Å². The monoisotopic (exact) mass is 511 g/mol. The molecule has 0 aliphatic carbocycles. The number of aromatic nitrogens is 3. The van der Waals surface area contributed by atoms with Crippen LogP contribution in [0.4, 0.5) is 11.4 Å². The molecule has 1 aliphatic heterocycles. The second-order valence-electron chi connectivity index (χ2n) is 8.88. The number of hydrogen-bond acceptors (Lipinski definition) is 6. The van der Waals surface area contributed by atoms with E-state index >= 15 is 0 Å². The Morgan fingerprint density at radius 2 is 1.64 bits per heavy atom. The molecule has 0 radical (unpaired) electrons. The Hall–Kier alpha value is -3.59. The number of rotatable bonds is 6. The zero-order valence-electron chi connectivity index (χ0n) is 20.7. The van der Waals surface area contributed by atoms with Gasteiger partial charge in [0.15, 0.2) is 0 Å². The summed E-state index contributed by atoms with van der Waals surface area (Å²) in [6, 6.07) is 13.7. The smallest absolute Gasteiger partial charge is 0.336 e.